The predicted octanol–water partition coefficient (Wildman–Crippen LogP) is 5.61. The minimum Gasteiger partial charge on any atom is -0.345 e. The molecule has 3 rings (SSSR count). The van der Waals surface area contributed by atoms with Gasteiger partial charge in [0.05, 0.1) is 12.1 Å². The van der Waals surface area contributed by atoms with E-state index in [0.29, 0.717) is 13.1 Å². The van der Waals surface area contributed by atoms with Gasteiger partial charge in [-0.2, -0.15) is 13.2 Å². The van der Waals surface area contributed by atoms with Crippen LogP contribution in [0.1, 0.15) is 41.0 Å². The Bertz CT molecular complexity index is 962. The number of hydrogen-bond donors (Lipinski definition) is 0. The van der Waals surface area contributed by atoms with Gasteiger partial charge >= 0.3 is 6.18 Å². The molecular weight excluding hydrogens is 377 g/mol. The zero-order valence-corrected chi connectivity index (χ0v) is 16.4. The van der Waals surface area contributed by atoms with Crippen LogP contribution < -0.4 is 0 Å². The molecule has 3 aromatic rings. The highest BCUT2D eigenvalue weighted by Gasteiger charge is 2.31. The van der Waals surface area contributed by atoms with Crippen LogP contribution in [0.2, 0.25) is 0 Å². The minimum atomic E-state index is -4.48. The van der Waals surface area contributed by atoms with Crippen molar-refractivity contribution >= 4 is 5.91 Å². The molecule has 0 unspecified atom stereocenters. The molecular formula is C23H23F3N2O. The summed E-state index contributed by atoms with van der Waals surface area (Å²) in [6.07, 6.45) is -2.54. The highest BCUT2D eigenvalue weighted by atomic mass is 19.4. The van der Waals surface area contributed by atoms with Crippen molar-refractivity contribution in [1.29, 1.82) is 0 Å². The van der Waals surface area contributed by atoms with Crippen molar-refractivity contribution in [1.82, 2.24) is 9.47 Å². The number of benzene rings is 2. The maximum atomic E-state index is 13.0. The van der Waals surface area contributed by atoms with Gasteiger partial charge in [0, 0.05) is 30.0 Å². The SMILES string of the molecule is CC(C)N(Cc1cccn1Cc1ccccc1)C(=O)c1cccc(C(F)(F)F)c1. The number of nitrogens with zero attached hydrogens (tertiary/aromatic N) is 2. The zero-order valence-electron chi connectivity index (χ0n) is 16.4. The van der Waals surface area contributed by atoms with Crippen LogP contribution in [-0.2, 0) is 19.3 Å². The van der Waals surface area contributed by atoms with Gasteiger partial charge in [-0.05, 0) is 49.7 Å². The molecule has 2 aromatic carbocycles. The third-order valence-corrected chi connectivity index (χ3v) is 4.77. The van der Waals surface area contributed by atoms with Crippen molar-refractivity contribution in [3.05, 3.63) is 95.3 Å². The Balaban J connectivity index is 1.83. The monoisotopic (exact) mass is 400 g/mol. The second-order valence-corrected chi connectivity index (χ2v) is 7.22. The van der Waals surface area contributed by atoms with Crippen LogP contribution in [0.3, 0.4) is 0 Å². The Kier molecular flexibility index (Phi) is 6.11. The summed E-state index contributed by atoms with van der Waals surface area (Å²) in [6.45, 7) is 4.69. The average molecular weight is 400 g/mol. The van der Waals surface area contributed by atoms with E-state index in [-0.39, 0.29) is 11.6 Å². The molecule has 1 heterocycles. The smallest absolute Gasteiger partial charge is 0.345 e. The molecule has 0 saturated heterocycles. The highest BCUT2D eigenvalue weighted by molar-refractivity contribution is 5.94. The molecule has 3 nitrogen and oxygen atoms in total. The van der Waals surface area contributed by atoms with Gasteiger partial charge in [0.2, 0.25) is 0 Å². The van der Waals surface area contributed by atoms with Crippen molar-refractivity contribution < 1.29 is 18.0 Å². The van der Waals surface area contributed by atoms with Gasteiger partial charge in [-0.3, -0.25) is 4.79 Å². The first-order valence-corrected chi connectivity index (χ1v) is 9.42. The van der Waals surface area contributed by atoms with E-state index in [2.05, 4.69) is 0 Å². The van der Waals surface area contributed by atoms with Crippen molar-refractivity contribution in [2.75, 3.05) is 0 Å². The lowest BCUT2D eigenvalue weighted by atomic mass is 10.1. The Labute approximate surface area is 168 Å². The first-order valence-electron chi connectivity index (χ1n) is 9.42. The lowest BCUT2D eigenvalue weighted by molar-refractivity contribution is -0.137. The summed E-state index contributed by atoms with van der Waals surface area (Å²) in [5.74, 6) is -0.418. The van der Waals surface area contributed by atoms with E-state index in [9.17, 15) is 18.0 Å². The number of carbonyl (C=O) groups excluding carboxylic acids is 1. The standard InChI is InChI=1S/C23H23F3N2O/c1-17(2)28(22(29)19-10-6-11-20(14-19)23(24,25)26)16-21-12-7-13-27(21)15-18-8-4-3-5-9-18/h3-14,17H,15-16H2,1-2H3. The van der Waals surface area contributed by atoms with E-state index in [1.807, 2.05) is 67.1 Å². The molecule has 6 heteroatoms. The molecule has 1 aromatic heterocycles. The summed E-state index contributed by atoms with van der Waals surface area (Å²) in [5.41, 5.74) is 1.27. The first kappa shape index (κ1) is 20.7. The van der Waals surface area contributed by atoms with Gasteiger partial charge in [-0.15, -0.1) is 0 Å². The largest absolute Gasteiger partial charge is 0.416 e. The van der Waals surface area contributed by atoms with Gasteiger partial charge < -0.3 is 9.47 Å². The average Bonchev–Trinajstić information content (AvgIpc) is 3.12. The fourth-order valence-electron chi connectivity index (χ4n) is 3.19. The summed E-state index contributed by atoms with van der Waals surface area (Å²) in [5, 5.41) is 0. The number of rotatable bonds is 6. The Morgan fingerprint density at radius 1 is 1.00 bits per heavy atom. The van der Waals surface area contributed by atoms with Crippen LogP contribution >= 0.6 is 0 Å². The van der Waals surface area contributed by atoms with E-state index in [4.69, 9.17) is 0 Å². The molecule has 1 amide bonds. The third kappa shape index (κ3) is 5.08. The Hall–Kier alpha value is -3.02. The molecule has 0 aliphatic heterocycles. The lowest BCUT2D eigenvalue weighted by Gasteiger charge is -2.28. The molecule has 0 radical (unpaired) electrons. The summed E-state index contributed by atoms with van der Waals surface area (Å²) >= 11 is 0. The second-order valence-electron chi connectivity index (χ2n) is 7.22. The number of hydrogen-bond acceptors (Lipinski definition) is 1. The third-order valence-electron chi connectivity index (χ3n) is 4.77. The van der Waals surface area contributed by atoms with Gasteiger partial charge in [-0.1, -0.05) is 36.4 Å². The van der Waals surface area contributed by atoms with E-state index >= 15 is 0 Å². The van der Waals surface area contributed by atoms with Crippen LogP contribution in [-0.4, -0.2) is 21.4 Å². The first-order chi connectivity index (χ1) is 13.8. The van der Waals surface area contributed by atoms with Crippen LogP contribution in [0.5, 0.6) is 0 Å². The maximum Gasteiger partial charge on any atom is 0.416 e. The molecule has 0 N–H and O–H groups in total. The van der Waals surface area contributed by atoms with Gasteiger partial charge in [0.25, 0.3) is 5.91 Å². The quantitative estimate of drug-likeness (QED) is 0.528. The summed E-state index contributed by atoms with van der Waals surface area (Å²) in [7, 11) is 0. The number of halogens is 3. The maximum absolute atomic E-state index is 13.0. The normalized spacial score (nSPS) is 11.7. The van der Waals surface area contributed by atoms with Crippen LogP contribution in [0.4, 0.5) is 13.2 Å². The highest BCUT2D eigenvalue weighted by Crippen LogP contribution is 2.30. The molecule has 0 saturated carbocycles. The predicted molar refractivity (Wildman–Crippen MR) is 106 cm³/mol. The molecule has 152 valence electrons. The second kappa shape index (κ2) is 8.55. The Morgan fingerprint density at radius 2 is 1.72 bits per heavy atom. The van der Waals surface area contributed by atoms with E-state index in [1.165, 1.54) is 12.1 Å². The number of amides is 1. The molecule has 29 heavy (non-hydrogen) atoms. The van der Waals surface area contributed by atoms with Crippen LogP contribution in [0.15, 0.2) is 72.9 Å². The minimum absolute atomic E-state index is 0.0368. The molecule has 0 aliphatic carbocycles. The summed E-state index contributed by atoms with van der Waals surface area (Å²) < 4.78 is 41.1. The molecule has 0 aliphatic rings. The molecule has 0 spiro atoms. The summed E-state index contributed by atoms with van der Waals surface area (Å²) in [6, 6.07) is 18.2. The van der Waals surface area contributed by atoms with Gasteiger partial charge in [-0.25, -0.2) is 0 Å². The number of carbonyl (C=O) groups is 1. The van der Waals surface area contributed by atoms with E-state index in [1.54, 1.807) is 4.90 Å². The van der Waals surface area contributed by atoms with Crippen LogP contribution in [0.25, 0.3) is 0 Å². The number of alkyl halides is 3. The van der Waals surface area contributed by atoms with Gasteiger partial charge in [0.15, 0.2) is 0 Å². The van der Waals surface area contributed by atoms with Crippen molar-refractivity contribution in [3.63, 3.8) is 0 Å². The van der Waals surface area contributed by atoms with Gasteiger partial charge in [0.1, 0.15) is 0 Å². The number of aromatic nitrogens is 1. The van der Waals surface area contributed by atoms with Crippen molar-refractivity contribution in [3.8, 4) is 0 Å². The fraction of sp³-hybridized carbons (Fsp3) is 0.261. The fourth-order valence-corrected chi connectivity index (χ4v) is 3.19. The Morgan fingerprint density at radius 3 is 2.38 bits per heavy atom. The zero-order chi connectivity index (χ0) is 21.0. The van der Waals surface area contributed by atoms with Crippen LogP contribution in [0, 0.1) is 0 Å². The van der Waals surface area contributed by atoms with E-state index < -0.39 is 17.6 Å². The molecule has 0 bridgehead atoms. The summed E-state index contributed by atoms with van der Waals surface area (Å²) in [4.78, 5) is 14.6. The topological polar surface area (TPSA) is 25.2 Å². The molecule has 0 atom stereocenters. The van der Waals surface area contributed by atoms with Crippen molar-refractivity contribution in [2.45, 2.75) is 39.2 Å². The van der Waals surface area contributed by atoms with Crippen molar-refractivity contribution in [2.24, 2.45) is 0 Å². The lowest BCUT2D eigenvalue weighted by Crippen LogP contribution is -2.37. The van der Waals surface area contributed by atoms with E-state index in [0.717, 1.165) is 23.4 Å². The molecule has 0 fully saturated rings.